The van der Waals surface area contributed by atoms with Crippen LogP contribution in [-0.4, -0.2) is 46.9 Å². The van der Waals surface area contributed by atoms with Crippen molar-refractivity contribution in [1.29, 1.82) is 0 Å². The van der Waals surface area contributed by atoms with Crippen LogP contribution >= 0.6 is 0 Å². The van der Waals surface area contributed by atoms with Gasteiger partial charge in [-0.05, 0) is 64.2 Å². The Morgan fingerprint density at radius 2 is 0.855 bits per heavy atom. The molecular formula is C56H101NO5. The fourth-order valence-corrected chi connectivity index (χ4v) is 7.88. The third-order valence-electron chi connectivity index (χ3n) is 11.9. The highest BCUT2D eigenvalue weighted by Crippen LogP contribution is 2.18. The molecule has 3 unspecified atom stereocenters. The van der Waals surface area contributed by atoms with Crippen molar-refractivity contribution in [2.45, 2.75) is 277 Å². The molecular weight excluding hydrogens is 767 g/mol. The average molecular weight is 868 g/mol. The summed E-state index contributed by atoms with van der Waals surface area (Å²) in [5.41, 5.74) is 0. The van der Waals surface area contributed by atoms with E-state index in [1.165, 1.54) is 128 Å². The smallest absolute Gasteiger partial charge is 0.306 e. The lowest BCUT2D eigenvalue weighted by molar-refractivity contribution is -0.151. The third-order valence-corrected chi connectivity index (χ3v) is 11.9. The molecule has 0 aliphatic heterocycles. The molecule has 0 rings (SSSR count). The number of hydrogen-bond donors (Lipinski definition) is 3. The molecule has 0 saturated carbocycles. The van der Waals surface area contributed by atoms with Gasteiger partial charge in [0, 0.05) is 6.42 Å². The molecule has 360 valence electrons. The molecule has 0 fully saturated rings. The number of ether oxygens (including phenoxy) is 1. The van der Waals surface area contributed by atoms with Crippen molar-refractivity contribution in [3.8, 4) is 0 Å². The molecule has 0 aromatic heterocycles. The van der Waals surface area contributed by atoms with Gasteiger partial charge < -0.3 is 20.3 Å². The van der Waals surface area contributed by atoms with Gasteiger partial charge in [-0.2, -0.15) is 0 Å². The molecule has 0 aliphatic carbocycles. The predicted molar refractivity (Wildman–Crippen MR) is 268 cm³/mol. The molecule has 0 bridgehead atoms. The Kier molecular flexibility index (Phi) is 47.6. The number of carbonyl (C=O) groups excluding carboxylic acids is 2. The molecule has 0 spiro atoms. The number of nitrogens with one attached hydrogen (secondary N) is 1. The Labute approximate surface area is 384 Å². The molecule has 62 heavy (non-hydrogen) atoms. The summed E-state index contributed by atoms with van der Waals surface area (Å²) < 4.78 is 5.91. The van der Waals surface area contributed by atoms with Crippen LogP contribution in [0.4, 0.5) is 0 Å². The topological polar surface area (TPSA) is 95.9 Å². The number of aliphatic hydroxyl groups is 2. The first-order chi connectivity index (χ1) is 30.5. The molecule has 0 saturated heterocycles. The number of aliphatic hydroxyl groups excluding tert-OH is 2. The summed E-state index contributed by atoms with van der Waals surface area (Å²) in [6.45, 7) is 6.37. The second kappa shape index (κ2) is 49.6. The van der Waals surface area contributed by atoms with E-state index in [0.29, 0.717) is 25.7 Å². The first kappa shape index (κ1) is 59.6. The molecule has 3 atom stereocenters. The number of rotatable bonds is 47. The van der Waals surface area contributed by atoms with Crippen LogP contribution in [0.1, 0.15) is 258 Å². The molecule has 0 radical (unpaired) electrons. The SMILES string of the molecule is CC/C=C\C/C=C\C/C=C\C/C=C\C/C=C\CCCC(=O)OC(CCCCCCCCCCCCCC)CC(=O)NC(CO)C(O)CCCCCCCCCCCCCCCC. The van der Waals surface area contributed by atoms with E-state index in [2.05, 4.69) is 86.8 Å². The van der Waals surface area contributed by atoms with Gasteiger partial charge in [0.1, 0.15) is 6.10 Å². The minimum Gasteiger partial charge on any atom is -0.462 e. The fraction of sp³-hybridized carbons (Fsp3) is 0.786. The zero-order chi connectivity index (χ0) is 45.2. The Hall–Kier alpha value is -2.44. The maximum Gasteiger partial charge on any atom is 0.306 e. The van der Waals surface area contributed by atoms with Crippen molar-refractivity contribution in [2.24, 2.45) is 0 Å². The van der Waals surface area contributed by atoms with Crippen molar-refractivity contribution in [1.82, 2.24) is 5.32 Å². The van der Waals surface area contributed by atoms with Crippen LogP contribution in [-0.2, 0) is 14.3 Å². The summed E-state index contributed by atoms with van der Waals surface area (Å²) >= 11 is 0. The molecule has 6 nitrogen and oxygen atoms in total. The lowest BCUT2D eigenvalue weighted by atomic mass is 10.0. The highest BCUT2D eigenvalue weighted by atomic mass is 16.5. The van der Waals surface area contributed by atoms with E-state index in [4.69, 9.17) is 4.74 Å². The van der Waals surface area contributed by atoms with Gasteiger partial charge in [0.2, 0.25) is 5.91 Å². The van der Waals surface area contributed by atoms with Gasteiger partial charge >= 0.3 is 5.97 Å². The van der Waals surface area contributed by atoms with Gasteiger partial charge in [-0.25, -0.2) is 0 Å². The zero-order valence-electron chi connectivity index (χ0n) is 41.0. The van der Waals surface area contributed by atoms with Crippen LogP contribution < -0.4 is 5.32 Å². The van der Waals surface area contributed by atoms with Gasteiger partial charge in [0.25, 0.3) is 0 Å². The van der Waals surface area contributed by atoms with E-state index in [1.54, 1.807) is 0 Å². The Morgan fingerprint density at radius 3 is 1.26 bits per heavy atom. The second-order valence-electron chi connectivity index (χ2n) is 17.9. The third kappa shape index (κ3) is 44.2. The molecule has 0 heterocycles. The number of allylic oxidation sites excluding steroid dienone is 10. The van der Waals surface area contributed by atoms with Crippen molar-refractivity contribution in [3.63, 3.8) is 0 Å². The highest BCUT2D eigenvalue weighted by molar-refractivity contribution is 5.77. The molecule has 6 heteroatoms. The molecule has 0 aromatic rings. The first-order valence-electron chi connectivity index (χ1n) is 26.5. The molecule has 3 N–H and O–H groups in total. The van der Waals surface area contributed by atoms with E-state index in [0.717, 1.165) is 77.0 Å². The highest BCUT2D eigenvalue weighted by Gasteiger charge is 2.24. The van der Waals surface area contributed by atoms with Crippen molar-refractivity contribution >= 4 is 11.9 Å². The Morgan fingerprint density at radius 1 is 0.484 bits per heavy atom. The Bertz CT molecular complexity index is 1110. The van der Waals surface area contributed by atoms with Crippen LogP contribution in [0.15, 0.2) is 60.8 Å². The largest absolute Gasteiger partial charge is 0.462 e. The predicted octanol–water partition coefficient (Wildman–Crippen LogP) is 16.0. The first-order valence-corrected chi connectivity index (χ1v) is 26.5. The van der Waals surface area contributed by atoms with E-state index >= 15 is 0 Å². The molecule has 0 aliphatic rings. The zero-order valence-corrected chi connectivity index (χ0v) is 41.0. The number of unbranched alkanes of at least 4 members (excludes halogenated alkanes) is 25. The van der Waals surface area contributed by atoms with Gasteiger partial charge in [-0.3, -0.25) is 9.59 Å². The van der Waals surface area contributed by atoms with Crippen LogP contribution in [0.3, 0.4) is 0 Å². The number of amides is 1. The van der Waals surface area contributed by atoms with E-state index in [9.17, 15) is 19.8 Å². The van der Waals surface area contributed by atoms with Crippen LogP contribution in [0, 0.1) is 0 Å². The minimum absolute atomic E-state index is 0.0562. The summed E-state index contributed by atoms with van der Waals surface area (Å²) in [5.74, 6) is -0.537. The van der Waals surface area contributed by atoms with Gasteiger partial charge in [0.05, 0.1) is 25.2 Å². The average Bonchev–Trinajstić information content (AvgIpc) is 3.26. The van der Waals surface area contributed by atoms with Crippen molar-refractivity contribution in [3.05, 3.63) is 60.8 Å². The fourth-order valence-electron chi connectivity index (χ4n) is 7.88. The normalized spacial score (nSPS) is 13.7. The monoisotopic (exact) mass is 868 g/mol. The van der Waals surface area contributed by atoms with E-state index in [1.807, 2.05) is 0 Å². The van der Waals surface area contributed by atoms with Crippen LogP contribution in [0.5, 0.6) is 0 Å². The summed E-state index contributed by atoms with van der Waals surface area (Å²) in [6.07, 6.45) is 61.4. The van der Waals surface area contributed by atoms with Crippen LogP contribution in [0.25, 0.3) is 0 Å². The lowest BCUT2D eigenvalue weighted by Gasteiger charge is -2.24. The number of esters is 1. The molecule has 1 amide bonds. The summed E-state index contributed by atoms with van der Waals surface area (Å²) in [4.78, 5) is 26.1. The van der Waals surface area contributed by atoms with Crippen molar-refractivity contribution in [2.75, 3.05) is 6.61 Å². The lowest BCUT2D eigenvalue weighted by Crippen LogP contribution is -2.46. The van der Waals surface area contributed by atoms with E-state index < -0.39 is 18.2 Å². The Balaban J connectivity index is 4.62. The minimum atomic E-state index is -0.797. The second-order valence-corrected chi connectivity index (χ2v) is 17.9. The summed E-state index contributed by atoms with van der Waals surface area (Å²) in [7, 11) is 0. The van der Waals surface area contributed by atoms with Crippen LogP contribution in [0.2, 0.25) is 0 Å². The quantitative estimate of drug-likeness (QED) is 0.0322. The van der Waals surface area contributed by atoms with Crippen molar-refractivity contribution < 1.29 is 24.5 Å². The number of carbonyl (C=O) groups is 2. The maximum atomic E-state index is 13.2. The molecule has 0 aromatic carbocycles. The maximum absolute atomic E-state index is 13.2. The summed E-state index contributed by atoms with van der Waals surface area (Å²) in [5, 5.41) is 23.8. The standard InChI is InChI=1S/C56H101NO5/c1-4-7-10-13-16-19-22-25-27-28-29-31-34-37-40-43-46-49-56(61)62-52(47-44-41-38-35-32-24-21-18-15-12-9-6-3)50-55(60)57-53(51-58)54(59)48-45-42-39-36-33-30-26-23-20-17-14-11-8-5-2/h7,10,16,19,25,27,29,31,37,40,52-54,58-59H,4-6,8-9,11-15,17-18,20-24,26,28,30,32-36,38-39,41-51H2,1-3H3,(H,57,60)/b10-7-,19-16-,27-25-,31-29-,40-37-. The van der Waals surface area contributed by atoms with E-state index in [-0.39, 0.29) is 24.9 Å². The van der Waals surface area contributed by atoms with Gasteiger partial charge in [-0.15, -0.1) is 0 Å². The number of hydrogen-bond acceptors (Lipinski definition) is 5. The van der Waals surface area contributed by atoms with Gasteiger partial charge in [-0.1, -0.05) is 242 Å². The van der Waals surface area contributed by atoms with Gasteiger partial charge in [0.15, 0.2) is 0 Å². The summed E-state index contributed by atoms with van der Waals surface area (Å²) in [6, 6.07) is -0.712.